The van der Waals surface area contributed by atoms with Crippen molar-refractivity contribution in [3.8, 4) is 0 Å². The second kappa shape index (κ2) is 7.71. The highest BCUT2D eigenvalue weighted by atomic mass is 32.1. The first-order valence-corrected chi connectivity index (χ1v) is 8.02. The zero-order valence-electron chi connectivity index (χ0n) is 12.8. The molecular weight excluding hydrogens is 285 g/mol. The van der Waals surface area contributed by atoms with Gasteiger partial charge in [0, 0.05) is 44.3 Å². The van der Waals surface area contributed by atoms with Crippen LogP contribution in [0.15, 0.2) is 24.3 Å². The van der Waals surface area contributed by atoms with Gasteiger partial charge < -0.3 is 10.2 Å². The van der Waals surface area contributed by atoms with Crippen LogP contribution in [-0.4, -0.2) is 47.1 Å². The Kier molecular flexibility index (Phi) is 5.94. The van der Waals surface area contributed by atoms with E-state index >= 15 is 0 Å². The Labute approximate surface area is 132 Å². The Bertz CT molecular complexity index is 472. The molecule has 3 nitrogen and oxygen atoms in total. The molecule has 0 amide bonds. The van der Waals surface area contributed by atoms with Crippen LogP contribution >= 0.6 is 12.2 Å². The highest BCUT2D eigenvalue weighted by Gasteiger charge is 2.20. The van der Waals surface area contributed by atoms with Gasteiger partial charge in [-0.15, -0.1) is 0 Å². The van der Waals surface area contributed by atoms with Gasteiger partial charge >= 0.3 is 0 Å². The van der Waals surface area contributed by atoms with E-state index < -0.39 is 0 Å². The molecule has 2 rings (SSSR count). The van der Waals surface area contributed by atoms with E-state index in [0.29, 0.717) is 12.6 Å². The van der Waals surface area contributed by atoms with Gasteiger partial charge in [-0.1, -0.05) is 25.1 Å². The molecule has 0 saturated carbocycles. The molecule has 0 aromatic heterocycles. The second-order valence-corrected chi connectivity index (χ2v) is 6.00. The third-order valence-corrected chi connectivity index (χ3v) is 4.37. The van der Waals surface area contributed by atoms with Gasteiger partial charge in [0.15, 0.2) is 5.11 Å². The lowest BCUT2D eigenvalue weighted by molar-refractivity contribution is 0.172. The van der Waals surface area contributed by atoms with Crippen LogP contribution in [0.25, 0.3) is 0 Å². The van der Waals surface area contributed by atoms with Crippen molar-refractivity contribution >= 4 is 17.3 Å². The van der Waals surface area contributed by atoms with E-state index in [1.807, 2.05) is 12.1 Å². The SMILES string of the molecule is CCC(C)NC(=S)N1CCN(Cc2ccccc2F)CC1. The third-order valence-electron chi connectivity index (χ3n) is 3.99. The summed E-state index contributed by atoms with van der Waals surface area (Å²) in [5, 5.41) is 4.19. The molecule has 1 aliphatic heterocycles. The minimum absolute atomic E-state index is 0.117. The minimum Gasteiger partial charge on any atom is -0.360 e. The van der Waals surface area contributed by atoms with Gasteiger partial charge in [0.05, 0.1) is 0 Å². The van der Waals surface area contributed by atoms with Crippen LogP contribution in [0.4, 0.5) is 4.39 Å². The average Bonchev–Trinajstić information content (AvgIpc) is 2.50. The predicted octanol–water partition coefficient (Wildman–Crippen LogP) is 2.62. The normalized spacial score (nSPS) is 17.6. The van der Waals surface area contributed by atoms with E-state index in [1.54, 1.807) is 6.07 Å². The van der Waals surface area contributed by atoms with E-state index in [1.165, 1.54) is 6.07 Å². The molecule has 0 radical (unpaired) electrons. The van der Waals surface area contributed by atoms with Crippen LogP contribution in [0.3, 0.4) is 0 Å². The van der Waals surface area contributed by atoms with Crippen LogP contribution in [0.5, 0.6) is 0 Å². The van der Waals surface area contributed by atoms with E-state index in [4.69, 9.17) is 12.2 Å². The van der Waals surface area contributed by atoms with Crippen LogP contribution < -0.4 is 5.32 Å². The van der Waals surface area contributed by atoms with Crippen molar-refractivity contribution in [2.24, 2.45) is 0 Å². The Morgan fingerprint density at radius 2 is 1.95 bits per heavy atom. The number of piperazine rings is 1. The molecule has 0 spiro atoms. The lowest BCUT2D eigenvalue weighted by atomic mass is 10.2. The molecule has 1 heterocycles. The highest BCUT2D eigenvalue weighted by molar-refractivity contribution is 7.80. The smallest absolute Gasteiger partial charge is 0.169 e. The van der Waals surface area contributed by atoms with Crippen LogP contribution in [-0.2, 0) is 6.54 Å². The molecule has 5 heteroatoms. The number of halogens is 1. The highest BCUT2D eigenvalue weighted by Crippen LogP contribution is 2.12. The van der Waals surface area contributed by atoms with Crippen molar-refractivity contribution in [3.63, 3.8) is 0 Å². The van der Waals surface area contributed by atoms with Crippen molar-refractivity contribution in [3.05, 3.63) is 35.6 Å². The maximum Gasteiger partial charge on any atom is 0.169 e. The molecule has 1 fully saturated rings. The number of nitrogens with one attached hydrogen (secondary N) is 1. The van der Waals surface area contributed by atoms with E-state index in [2.05, 4.69) is 29.0 Å². The van der Waals surface area contributed by atoms with Crippen LogP contribution in [0.1, 0.15) is 25.8 Å². The zero-order chi connectivity index (χ0) is 15.2. The van der Waals surface area contributed by atoms with Crippen molar-refractivity contribution in [1.82, 2.24) is 15.1 Å². The molecular formula is C16H24FN3S. The quantitative estimate of drug-likeness (QED) is 0.862. The number of hydrogen-bond acceptors (Lipinski definition) is 2. The number of thiocarbonyl (C=S) groups is 1. The molecule has 0 aliphatic carbocycles. The molecule has 1 aliphatic rings. The first-order valence-electron chi connectivity index (χ1n) is 7.61. The first kappa shape index (κ1) is 16.2. The van der Waals surface area contributed by atoms with E-state index in [0.717, 1.165) is 43.3 Å². The summed E-state index contributed by atoms with van der Waals surface area (Å²) in [6.45, 7) is 8.58. The monoisotopic (exact) mass is 309 g/mol. The third kappa shape index (κ3) is 4.64. The number of hydrogen-bond donors (Lipinski definition) is 1. The topological polar surface area (TPSA) is 18.5 Å². The van der Waals surface area contributed by atoms with E-state index in [-0.39, 0.29) is 5.82 Å². The zero-order valence-corrected chi connectivity index (χ0v) is 13.6. The van der Waals surface area contributed by atoms with Gasteiger partial charge in [-0.25, -0.2) is 4.39 Å². The summed E-state index contributed by atoms with van der Waals surface area (Å²) in [7, 11) is 0. The van der Waals surface area contributed by atoms with Gasteiger partial charge in [0.1, 0.15) is 5.82 Å². The van der Waals surface area contributed by atoms with Crippen LogP contribution in [0, 0.1) is 5.82 Å². The number of nitrogens with zero attached hydrogens (tertiary/aromatic N) is 2. The molecule has 116 valence electrons. The van der Waals surface area contributed by atoms with Crippen molar-refractivity contribution in [1.29, 1.82) is 0 Å². The molecule has 1 aromatic carbocycles. The standard InChI is InChI=1S/C16H24FN3S/c1-3-13(2)18-16(21)20-10-8-19(9-11-20)12-14-6-4-5-7-15(14)17/h4-7,13H,3,8-12H2,1-2H3,(H,18,21). The molecule has 1 atom stereocenters. The molecule has 21 heavy (non-hydrogen) atoms. The number of rotatable bonds is 4. The fraction of sp³-hybridized carbons (Fsp3) is 0.562. The Morgan fingerprint density at radius 1 is 1.29 bits per heavy atom. The Morgan fingerprint density at radius 3 is 2.57 bits per heavy atom. The molecule has 1 unspecified atom stereocenters. The van der Waals surface area contributed by atoms with Gasteiger partial charge in [-0.05, 0) is 31.6 Å². The van der Waals surface area contributed by atoms with Crippen LogP contribution in [0.2, 0.25) is 0 Å². The summed E-state index contributed by atoms with van der Waals surface area (Å²) in [5.74, 6) is -0.117. The molecule has 0 bridgehead atoms. The summed E-state index contributed by atoms with van der Waals surface area (Å²) in [6, 6.07) is 7.41. The van der Waals surface area contributed by atoms with Gasteiger partial charge in [0.25, 0.3) is 0 Å². The van der Waals surface area contributed by atoms with Gasteiger partial charge in [-0.3, -0.25) is 4.90 Å². The second-order valence-electron chi connectivity index (χ2n) is 5.61. The molecule has 1 aromatic rings. The maximum absolute atomic E-state index is 13.7. The van der Waals surface area contributed by atoms with E-state index in [9.17, 15) is 4.39 Å². The molecule has 1 saturated heterocycles. The summed E-state index contributed by atoms with van der Waals surface area (Å²) < 4.78 is 13.7. The number of benzene rings is 1. The van der Waals surface area contributed by atoms with Gasteiger partial charge in [-0.2, -0.15) is 0 Å². The average molecular weight is 309 g/mol. The van der Waals surface area contributed by atoms with Gasteiger partial charge in [0.2, 0.25) is 0 Å². The lowest BCUT2D eigenvalue weighted by Gasteiger charge is -2.37. The fourth-order valence-corrected chi connectivity index (χ4v) is 2.76. The summed E-state index contributed by atoms with van der Waals surface area (Å²) >= 11 is 5.44. The summed E-state index contributed by atoms with van der Waals surface area (Å²) in [5.41, 5.74) is 0.770. The Balaban J connectivity index is 1.81. The molecule has 1 N–H and O–H groups in total. The van der Waals surface area contributed by atoms with Crippen molar-refractivity contribution < 1.29 is 4.39 Å². The maximum atomic E-state index is 13.7. The largest absolute Gasteiger partial charge is 0.360 e. The lowest BCUT2D eigenvalue weighted by Crippen LogP contribution is -2.52. The summed E-state index contributed by atoms with van der Waals surface area (Å²) in [6.07, 6.45) is 1.06. The predicted molar refractivity (Wildman–Crippen MR) is 88.7 cm³/mol. The summed E-state index contributed by atoms with van der Waals surface area (Å²) in [4.78, 5) is 4.49. The van der Waals surface area contributed by atoms with Crippen molar-refractivity contribution in [2.45, 2.75) is 32.9 Å². The van der Waals surface area contributed by atoms with Crippen molar-refractivity contribution in [2.75, 3.05) is 26.2 Å². The minimum atomic E-state index is -0.117. The first-order chi connectivity index (χ1) is 10.1. The fourth-order valence-electron chi connectivity index (χ4n) is 2.38. The Hall–Kier alpha value is -1.20.